The van der Waals surface area contributed by atoms with Gasteiger partial charge in [-0.15, -0.1) is 0 Å². The number of nitrogens with one attached hydrogen (secondary N) is 1. The average Bonchev–Trinajstić information content (AvgIpc) is 2.84. The van der Waals surface area contributed by atoms with Crippen LogP contribution in [0.15, 0.2) is 103 Å². The fourth-order valence-electron chi connectivity index (χ4n) is 3.31. The highest BCUT2D eigenvalue weighted by Gasteiger charge is 2.12. The molecular formula is C27H21NO4. The Morgan fingerprint density at radius 2 is 1.28 bits per heavy atom. The highest BCUT2D eigenvalue weighted by atomic mass is 16.5. The molecule has 5 heteroatoms. The third kappa shape index (κ3) is 5.02. The first kappa shape index (κ1) is 20.9. The number of hydrogen-bond acceptors (Lipinski definition) is 4. The van der Waals surface area contributed by atoms with E-state index in [1.165, 1.54) is 0 Å². The molecule has 5 nitrogen and oxygen atoms in total. The van der Waals surface area contributed by atoms with Crippen molar-refractivity contribution in [2.75, 3.05) is 11.9 Å². The van der Waals surface area contributed by atoms with E-state index in [4.69, 9.17) is 4.74 Å². The Kier molecular flexibility index (Phi) is 6.28. The molecule has 4 aromatic rings. The normalized spacial score (nSPS) is 10.4. The summed E-state index contributed by atoms with van der Waals surface area (Å²) in [6.07, 6.45) is 0. The average molecular weight is 423 g/mol. The van der Waals surface area contributed by atoms with Crippen molar-refractivity contribution in [1.29, 1.82) is 0 Å². The minimum Gasteiger partial charge on any atom is -0.508 e. The highest BCUT2D eigenvalue weighted by molar-refractivity contribution is 5.98. The molecule has 0 heterocycles. The summed E-state index contributed by atoms with van der Waals surface area (Å²) in [4.78, 5) is 24.7. The van der Waals surface area contributed by atoms with E-state index >= 15 is 0 Å². The van der Waals surface area contributed by atoms with Crippen LogP contribution in [0.25, 0.3) is 22.3 Å². The zero-order chi connectivity index (χ0) is 22.3. The van der Waals surface area contributed by atoms with Gasteiger partial charge in [-0.05, 0) is 47.0 Å². The Labute approximate surface area is 185 Å². The van der Waals surface area contributed by atoms with Gasteiger partial charge in [-0.1, -0.05) is 72.8 Å². The molecule has 0 atom stereocenters. The van der Waals surface area contributed by atoms with E-state index < -0.39 is 11.9 Å². The molecule has 1 amide bonds. The largest absolute Gasteiger partial charge is 0.508 e. The van der Waals surface area contributed by atoms with Gasteiger partial charge >= 0.3 is 5.97 Å². The predicted octanol–water partition coefficient (Wildman–Crippen LogP) is 5.52. The molecule has 0 unspecified atom stereocenters. The van der Waals surface area contributed by atoms with Crippen molar-refractivity contribution in [2.24, 2.45) is 0 Å². The topological polar surface area (TPSA) is 75.6 Å². The minimum atomic E-state index is -0.575. The molecule has 158 valence electrons. The van der Waals surface area contributed by atoms with Crippen molar-refractivity contribution in [2.45, 2.75) is 0 Å². The Morgan fingerprint density at radius 1 is 0.688 bits per heavy atom. The molecule has 2 N–H and O–H groups in total. The number of carbonyl (C=O) groups is 2. The number of carbonyl (C=O) groups excluding carboxylic acids is 2. The van der Waals surface area contributed by atoms with Crippen LogP contribution in [-0.2, 0) is 9.53 Å². The number of hydrogen-bond donors (Lipinski definition) is 2. The fraction of sp³-hybridized carbons (Fsp3) is 0.0370. The third-order valence-corrected chi connectivity index (χ3v) is 4.94. The number of esters is 1. The lowest BCUT2D eigenvalue weighted by Gasteiger charge is -2.11. The van der Waals surface area contributed by atoms with Gasteiger partial charge in [-0.2, -0.15) is 0 Å². The first-order valence-electron chi connectivity index (χ1n) is 10.1. The van der Waals surface area contributed by atoms with Crippen LogP contribution in [0.4, 0.5) is 5.69 Å². The number of benzene rings is 4. The summed E-state index contributed by atoms with van der Waals surface area (Å²) in [5.41, 5.74) is 4.69. The van der Waals surface area contributed by atoms with Crippen LogP contribution < -0.4 is 5.32 Å². The summed E-state index contributed by atoms with van der Waals surface area (Å²) in [5, 5.41) is 12.2. The van der Waals surface area contributed by atoms with Crippen LogP contribution in [0, 0.1) is 0 Å². The smallest absolute Gasteiger partial charge is 0.338 e. The number of aromatic hydroxyl groups is 1. The molecule has 0 spiro atoms. The second-order valence-electron chi connectivity index (χ2n) is 7.16. The zero-order valence-corrected chi connectivity index (χ0v) is 17.2. The van der Waals surface area contributed by atoms with Crippen LogP contribution in [0.5, 0.6) is 5.75 Å². The Morgan fingerprint density at radius 3 is 1.97 bits per heavy atom. The SMILES string of the molecule is O=C(COC(=O)c1ccc(-c2ccc(O)cc2)cc1)Nc1ccccc1-c1ccccc1. The van der Waals surface area contributed by atoms with E-state index in [2.05, 4.69) is 5.32 Å². The van der Waals surface area contributed by atoms with Crippen LogP contribution in [0.1, 0.15) is 10.4 Å². The van der Waals surface area contributed by atoms with Gasteiger partial charge in [0.15, 0.2) is 6.61 Å². The second-order valence-corrected chi connectivity index (χ2v) is 7.16. The fourth-order valence-corrected chi connectivity index (χ4v) is 3.31. The van der Waals surface area contributed by atoms with Gasteiger partial charge in [0.25, 0.3) is 5.91 Å². The van der Waals surface area contributed by atoms with Gasteiger partial charge < -0.3 is 15.2 Å². The first-order chi connectivity index (χ1) is 15.6. The number of ether oxygens (including phenoxy) is 1. The second kappa shape index (κ2) is 9.62. The summed E-state index contributed by atoms with van der Waals surface area (Å²) in [7, 11) is 0. The Balaban J connectivity index is 1.37. The predicted molar refractivity (Wildman–Crippen MR) is 124 cm³/mol. The quantitative estimate of drug-likeness (QED) is 0.400. The van der Waals surface area contributed by atoms with Gasteiger partial charge in [0.05, 0.1) is 5.56 Å². The monoisotopic (exact) mass is 423 g/mol. The van der Waals surface area contributed by atoms with Crippen molar-refractivity contribution in [3.05, 3.63) is 109 Å². The summed E-state index contributed by atoms with van der Waals surface area (Å²) in [5.74, 6) is -0.796. The number of rotatable bonds is 6. The van der Waals surface area contributed by atoms with Gasteiger partial charge in [0.1, 0.15) is 5.75 Å². The number of amides is 1. The molecular weight excluding hydrogens is 402 g/mol. The number of para-hydroxylation sites is 1. The molecule has 0 saturated carbocycles. The molecule has 0 radical (unpaired) electrons. The molecule has 0 fully saturated rings. The summed E-state index contributed by atoms with van der Waals surface area (Å²) >= 11 is 0. The number of anilines is 1. The van der Waals surface area contributed by atoms with Crippen LogP contribution in [0.2, 0.25) is 0 Å². The summed E-state index contributed by atoms with van der Waals surface area (Å²) in [6.45, 7) is -0.387. The minimum absolute atomic E-state index is 0.193. The lowest BCUT2D eigenvalue weighted by Crippen LogP contribution is -2.21. The molecule has 4 aromatic carbocycles. The standard InChI is InChI=1S/C27H21NO4/c29-23-16-14-20(15-17-23)19-10-12-22(13-11-19)27(31)32-18-26(30)28-25-9-5-4-8-24(25)21-6-2-1-3-7-21/h1-17,29H,18H2,(H,28,30). The van der Waals surface area contributed by atoms with Crippen molar-refractivity contribution in [3.63, 3.8) is 0 Å². The zero-order valence-electron chi connectivity index (χ0n) is 17.2. The Bertz CT molecular complexity index is 1220. The lowest BCUT2D eigenvalue weighted by molar-refractivity contribution is -0.119. The molecule has 0 aliphatic rings. The molecule has 32 heavy (non-hydrogen) atoms. The highest BCUT2D eigenvalue weighted by Crippen LogP contribution is 2.27. The van der Waals surface area contributed by atoms with E-state index in [-0.39, 0.29) is 12.4 Å². The van der Waals surface area contributed by atoms with Crippen molar-refractivity contribution in [3.8, 4) is 28.0 Å². The van der Waals surface area contributed by atoms with Gasteiger partial charge in [-0.25, -0.2) is 4.79 Å². The van der Waals surface area contributed by atoms with Crippen molar-refractivity contribution < 1.29 is 19.4 Å². The van der Waals surface area contributed by atoms with Crippen LogP contribution >= 0.6 is 0 Å². The molecule has 0 bridgehead atoms. The molecule has 4 rings (SSSR count). The number of phenolic OH excluding ortho intramolecular Hbond substituents is 1. The summed E-state index contributed by atoms with van der Waals surface area (Å²) in [6, 6.07) is 30.9. The number of phenols is 1. The lowest BCUT2D eigenvalue weighted by atomic mass is 10.0. The van der Waals surface area contributed by atoms with Gasteiger partial charge in [-0.3, -0.25) is 4.79 Å². The van der Waals surface area contributed by atoms with E-state index in [1.807, 2.05) is 54.6 Å². The summed E-state index contributed by atoms with van der Waals surface area (Å²) < 4.78 is 5.18. The Hall–Kier alpha value is -4.38. The molecule has 0 aromatic heterocycles. The third-order valence-electron chi connectivity index (χ3n) is 4.94. The molecule has 0 aliphatic heterocycles. The first-order valence-corrected chi connectivity index (χ1v) is 10.1. The van der Waals surface area contributed by atoms with E-state index in [0.29, 0.717) is 11.3 Å². The van der Waals surface area contributed by atoms with Crippen molar-refractivity contribution >= 4 is 17.6 Å². The van der Waals surface area contributed by atoms with Crippen LogP contribution in [-0.4, -0.2) is 23.6 Å². The van der Waals surface area contributed by atoms with Gasteiger partial charge in [0.2, 0.25) is 0 Å². The van der Waals surface area contributed by atoms with E-state index in [9.17, 15) is 14.7 Å². The van der Waals surface area contributed by atoms with Crippen molar-refractivity contribution in [1.82, 2.24) is 0 Å². The maximum Gasteiger partial charge on any atom is 0.338 e. The van der Waals surface area contributed by atoms with E-state index in [0.717, 1.165) is 22.3 Å². The molecule has 0 aliphatic carbocycles. The van der Waals surface area contributed by atoms with E-state index in [1.54, 1.807) is 48.5 Å². The molecule has 0 saturated heterocycles. The maximum atomic E-state index is 12.4. The van der Waals surface area contributed by atoms with Crippen LogP contribution in [0.3, 0.4) is 0 Å². The maximum absolute atomic E-state index is 12.4. The van der Waals surface area contributed by atoms with Gasteiger partial charge in [0, 0.05) is 11.3 Å².